The van der Waals surface area contributed by atoms with Crippen LogP contribution in [0.2, 0.25) is 0 Å². The summed E-state index contributed by atoms with van der Waals surface area (Å²) in [4.78, 5) is 33.2. The Balaban J connectivity index is 1.39. The first-order chi connectivity index (χ1) is 18.0. The summed E-state index contributed by atoms with van der Waals surface area (Å²) in [6, 6.07) is 7.43. The first kappa shape index (κ1) is 25.8. The van der Waals surface area contributed by atoms with Crippen LogP contribution in [0.3, 0.4) is 0 Å². The van der Waals surface area contributed by atoms with E-state index >= 15 is 0 Å². The van der Waals surface area contributed by atoms with Crippen LogP contribution in [0, 0.1) is 17.5 Å². The Kier molecular flexibility index (Phi) is 6.68. The molecule has 2 aliphatic rings. The Morgan fingerprint density at radius 1 is 1.03 bits per heavy atom. The average molecular weight is 534 g/mol. The summed E-state index contributed by atoms with van der Waals surface area (Å²) < 4.78 is 70.1. The monoisotopic (exact) mass is 533 g/mol. The normalized spacial score (nSPS) is 17.1. The standard InChI is InChI=1S/C26H24F5N5O2/c27-18-10-20(29)19(28)8-16(18)7-17(32)9-23(37)35-11-15-3-1-2-4-21(15)36-14-33-24(22(36)12-35)25(38)34-6-5-26(30,31)13-34/h1-4,8,10,14,17H,5-7,9,11-13,32H2/t17-/m1/s1. The predicted octanol–water partition coefficient (Wildman–Crippen LogP) is 3.57. The van der Waals surface area contributed by atoms with Crippen LogP contribution in [-0.4, -0.2) is 56.2 Å². The minimum Gasteiger partial charge on any atom is -0.332 e. The summed E-state index contributed by atoms with van der Waals surface area (Å²) in [6.45, 7) is -0.692. The van der Waals surface area contributed by atoms with E-state index in [1.165, 1.54) is 11.2 Å². The molecular formula is C26H24F5N5O2. The lowest BCUT2D eigenvalue weighted by atomic mass is 10.0. The maximum absolute atomic E-state index is 14.1. The van der Waals surface area contributed by atoms with Gasteiger partial charge in [-0.2, -0.15) is 0 Å². The van der Waals surface area contributed by atoms with Crippen LogP contribution >= 0.6 is 0 Å². The van der Waals surface area contributed by atoms with Crippen molar-refractivity contribution in [2.24, 2.45) is 5.73 Å². The van der Waals surface area contributed by atoms with Crippen molar-refractivity contribution >= 4 is 11.8 Å². The molecule has 1 aromatic heterocycles. The Morgan fingerprint density at radius 3 is 2.50 bits per heavy atom. The van der Waals surface area contributed by atoms with Crippen molar-refractivity contribution in [3.05, 3.63) is 82.7 Å². The summed E-state index contributed by atoms with van der Waals surface area (Å²) in [7, 11) is 0. The number of likely N-dealkylation sites (tertiary alicyclic amines) is 1. The Morgan fingerprint density at radius 2 is 1.76 bits per heavy atom. The van der Waals surface area contributed by atoms with Gasteiger partial charge in [-0.25, -0.2) is 26.9 Å². The molecule has 0 bridgehead atoms. The highest BCUT2D eigenvalue weighted by Gasteiger charge is 2.42. The van der Waals surface area contributed by atoms with Crippen LogP contribution in [-0.2, 0) is 24.3 Å². The highest BCUT2D eigenvalue weighted by molar-refractivity contribution is 5.94. The maximum atomic E-state index is 14.1. The average Bonchev–Trinajstić information content (AvgIpc) is 3.40. The molecule has 5 rings (SSSR count). The number of halogens is 5. The van der Waals surface area contributed by atoms with E-state index in [1.807, 2.05) is 6.07 Å². The summed E-state index contributed by atoms with van der Waals surface area (Å²) >= 11 is 0. The number of imidazole rings is 1. The Labute approximate surface area is 214 Å². The van der Waals surface area contributed by atoms with Gasteiger partial charge in [-0.15, -0.1) is 0 Å². The minimum atomic E-state index is -2.97. The van der Waals surface area contributed by atoms with Gasteiger partial charge in [0.2, 0.25) is 5.91 Å². The van der Waals surface area contributed by atoms with Crippen molar-refractivity contribution < 1.29 is 31.5 Å². The molecule has 0 saturated carbocycles. The van der Waals surface area contributed by atoms with Gasteiger partial charge in [-0.05, 0) is 29.7 Å². The molecular weight excluding hydrogens is 509 g/mol. The van der Waals surface area contributed by atoms with E-state index in [9.17, 15) is 31.5 Å². The fourth-order valence-corrected chi connectivity index (χ4v) is 4.90. The summed E-state index contributed by atoms with van der Waals surface area (Å²) in [5, 5.41) is 0. The number of benzene rings is 2. The molecule has 3 heterocycles. The van der Waals surface area contributed by atoms with Crippen molar-refractivity contribution in [1.82, 2.24) is 19.4 Å². The number of fused-ring (bicyclic) bond motifs is 3. The Bertz CT molecular complexity index is 1410. The smallest absolute Gasteiger partial charge is 0.274 e. The van der Waals surface area contributed by atoms with Gasteiger partial charge in [-0.1, -0.05) is 18.2 Å². The van der Waals surface area contributed by atoms with E-state index in [0.717, 1.165) is 16.5 Å². The van der Waals surface area contributed by atoms with Crippen LogP contribution in [0.4, 0.5) is 22.0 Å². The number of alkyl halides is 2. The van der Waals surface area contributed by atoms with Crippen LogP contribution < -0.4 is 5.73 Å². The highest BCUT2D eigenvalue weighted by atomic mass is 19.3. The molecule has 1 fully saturated rings. The number of aromatic nitrogens is 2. The zero-order chi connectivity index (χ0) is 27.2. The van der Waals surface area contributed by atoms with Crippen molar-refractivity contribution in [1.29, 1.82) is 0 Å². The molecule has 2 aliphatic heterocycles. The molecule has 0 spiro atoms. The quantitative estimate of drug-likeness (QED) is 0.402. The summed E-state index contributed by atoms with van der Waals surface area (Å²) in [5.74, 6) is -7.53. The molecule has 2 N–H and O–H groups in total. The van der Waals surface area contributed by atoms with E-state index in [1.54, 1.807) is 22.8 Å². The van der Waals surface area contributed by atoms with Gasteiger partial charge in [-0.3, -0.25) is 9.59 Å². The minimum absolute atomic E-state index is 0.0228. The SMILES string of the molecule is N[C@@H](CC(=O)N1Cc2ccccc2-n2cnc(C(=O)N3CCC(F)(F)C3)c2C1)Cc1cc(F)c(F)cc1F. The zero-order valence-corrected chi connectivity index (χ0v) is 20.1. The number of rotatable bonds is 5. The molecule has 200 valence electrons. The molecule has 0 aliphatic carbocycles. The number of nitrogens with zero attached hydrogens (tertiary/aromatic N) is 4. The number of hydrogen-bond acceptors (Lipinski definition) is 4. The molecule has 2 aromatic carbocycles. The number of hydrogen-bond donors (Lipinski definition) is 1. The molecule has 12 heteroatoms. The van der Waals surface area contributed by atoms with Gasteiger partial charge in [0.05, 0.1) is 24.5 Å². The molecule has 0 unspecified atom stereocenters. The van der Waals surface area contributed by atoms with Crippen LogP contribution in [0.1, 0.15) is 40.2 Å². The number of carbonyl (C=O) groups is 2. The van der Waals surface area contributed by atoms with Gasteiger partial charge in [0.25, 0.3) is 11.8 Å². The number of carbonyl (C=O) groups excluding carboxylic acids is 2. The van der Waals surface area contributed by atoms with Crippen LogP contribution in [0.25, 0.3) is 5.69 Å². The lowest BCUT2D eigenvalue weighted by Gasteiger charge is -2.23. The second-order valence-electron chi connectivity index (χ2n) is 9.65. The molecule has 7 nitrogen and oxygen atoms in total. The number of amides is 2. The Hall–Kier alpha value is -3.80. The highest BCUT2D eigenvalue weighted by Crippen LogP contribution is 2.31. The van der Waals surface area contributed by atoms with E-state index in [-0.39, 0.29) is 43.7 Å². The first-order valence-corrected chi connectivity index (χ1v) is 12.0. The van der Waals surface area contributed by atoms with E-state index in [2.05, 4.69) is 4.98 Å². The second kappa shape index (κ2) is 9.82. The molecule has 2 amide bonds. The lowest BCUT2D eigenvalue weighted by molar-refractivity contribution is -0.132. The molecule has 0 radical (unpaired) electrons. The van der Waals surface area contributed by atoms with Gasteiger partial charge >= 0.3 is 0 Å². The number of nitrogens with two attached hydrogens (primary N) is 1. The van der Waals surface area contributed by atoms with E-state index < -0.39 is 54.2 Å². The van der Waals surface area contributed by atoms with Crippen molar-refractivity contribution in [3.8, 4) is 5.69 Å². The second-order valence-corrected chi connectivity index (χ2v) is 9.65. The van der Waals surface area contributed by atoms with Gasteiger partial charge in [0, 0.05) is 38.0 Å². The summed E-state index contributed by atoms with van der Waals surface area (Å²) in [6.07, 6.45) is 0.556. The molecule has 38 heavy (non-hydrogen) atoms. The third-order valence-electron chi connectivity index (χ3n) is 6.84. The number of para-hydroxylation sites is 1. The van der Waals surface area contributed by atoms with Crippen LogP contribution in [0.5, 0.6) is 0 Å². The van der Waals surface area contributed by atoms with Gasteiger partial charge in [0.1, 0.15) is 12.1 Å². The summed E-state index contributed by atoms with van der Waals surface area (Å²) in [5.41, 5.74) is 7.71. The van der Waals surface area contributed by atoms with Crippen LogP contribution in [0.15, 0.2) is 42.7 Å². The van der Waals surface area contributed by atoms with Crippen molar-refractivity contribution in [3.63, 3.8) is 0 Å². The molecule has 1 atom stereocenters. The van der Waals surface area contributed by atoms with Crippen molar-refractivity contribution in [2.45, 2.75) is 44.3 Å². The first-order valence-electron chi connectivity index (χ1n) is 12.0. The molecule has 1 saturated heterocycles. The van der Waals surface area contributed by atoms with Gasteiger partial charge in [0.15, 0.2) is 17.3 Å². The van der Waals surface area contributed by atoms with Crippen molar-refractivity contribution in [2.75, 3.05) is 13.1 Å². The van der Waals surface area contributed by atoms with E-state index in [4.69, 9.17) is 5.73 Å². The fourth-order valence-electron chi connectivity index (χ4n) is 4.90. The maximum Gasteiger partial charge on any atom is 0.274 e. The predicted molar refractivity (Wildman–Crippen MR) is 126 cm³/mol. The lowest BCUT2D eigenvalue weighted by Crippen LogP contribution is -2.37. The third kappa shape index (κ3) is 5.00. The fraction of sp³-hybridized carbons (Fsp3) is 0.346. The zero-order valence-electron chi connectivity index (χ0n) is 20.1. The van der Waals surface area contributed by atoms with Gasteiger partial charge < -0.3 is 20.1 Å². The third-order valence-corrected chi connectivity index (χ3v) is 6.84. The van der Waals surface area contributed by atoms with E-state index in [0.29, 0.717) is 17.4 Å². The largest absolute Gasteiger partial charge is 0.332 e. The topological polar surface area (TPSA) is 84.5 Å². The molecule has 3 aromatic rings.